The third-order valence-corrected chi connectivity index (χ3v) is 6.91. The van der Waals surface area contributed by atoms with Crippen LogP contribution < -0.4 is 5.32 Å². The Hall–Kier alpha value is -1.87. The van der Waals surface area contributed by atoms with Gasteiger partial charge in [-0.2, -0.15) is 0 Å². The van der Waals surface area contributed by atoms with E-state index in [1.54, 1.807) is 0 Å². The number of fused-ring (bicyclic) bond motifs is 2. The molecule has 6 nitrogen and oxygen atoms in total. The summed E-state index contributed by atoms with van der Waals surface area (Å²) in [7, 11) is 0. The number of nitrogens with zero attached hydrogens (tertiary/aromatic N) is 3. The number of ether oxygens (including phenoxy) is 2. The molecule has 2 saturated heterocycles. The Morgan fingerprint density at radius 1 is 0.906 bits per heavy atom. The highest BCUT2D eigenvalue weighted by Gasteiger charge is 2.24. The van der Waals surface area contributed by atoms with Crippen molar-refractivity contribution in [1.82, 2.24) is 9.97 Å². The van der Waals surface area contributed by atoms with Gasteiger partial charge in [-0.05, 0) is 54.8 Å². The molecule has 0 bridgehead atoms. The first-order valence-electron chi connectivity index (χ1n) is 10.8. The molecule has 0 radical (unpaired) electrons. The standard InChI is InChI=1S/C12H13BrN2O.C12H11BrN2O/c2*13-10-1-2-11-9(5-10)6-14-12(15-11)8-3-4-16-7-8/h1-2,5,8H,3-4,6-7H2,(H,14,15);1-2,5-6,8H,3-4,7H2. The molecule has 3 aliphatic rings. The maximum atomic E-state index is 5.39. The van der Waals surface area contributed by atoms with Crippen molar-refractivity contribution in [3.05, 3.63) is 62.9 Å². The van der Waals surface area contributed by atoms with E-state index < -0.39 is 0 Å². The molecule has 0 saturated carbocycles. The van der Waals surface area contributed by atoms with Crippen LogP contribution in [-0.4, -0.2) is 42.2 Å². The van der Waals surface area contributed by atoms with Gasteiger partial charge in [-0.25, -0.2) is 9.97 Å². The molecule has 2 unspecified atom stereocenters. The molecule has 2 fully saturated rings. The topological polar surface area (TPSA) is 68.6 Å². The number of aromatic nitrogens is 2. The zero-order chi connectivity index (χ0) is 21.9. The summed E-state index contributed by atoms with van der Waals surface area (Å²) in [5.74, 6) is 2.82. The zero-order valence-electron chi connectivity index (χ0n) is 17.6. The van der Waals surface area contributed by atoms with E-state index >= 15 is 0 Å². The summed E-state index contributed by atoms with van der Waals surface area (Å²) in [5, 5.41) is 4.48. The monoisotopic (exact) mass is 558 g/mol. The number of hydrogen-bond acceptors (Lipinski definition) is 6. The molecule has 0 aliphatic carbocycles. The number of rotatable bonds is 2. The van der Waals surface area contributed by atoms with E-state index in [4.69, 9.17) is 9.47 Å². The fourth-order valence-corrected chi connectivity index (χ4v) is 4.88. The number of amidine groups is 1. The highest BCUT2D eigenvalue weighted by atomic mass is 79.9. The van der Waals surface area contributed by atoms with Crippen molar-refractivity contribution in [3.8, 4) is 0 Å². The number of anilines is 1. The van der Waals surface area contributed by atoms with Gasteiger partial charge in [-0.3, -0.25) is 4.99 Å². The minimum Gasteiger partial charge on any atom is -0.381 e. The van der Waals surface area contributed by atoms with Gasteiger partial charge in [0, 0.05) is 51.3 Å². The lowest BCUT2D eigenvalue weighted by Gasteiger charge is -2.21. The quantitative estimate of drug-likeness (QED) is 0.436. The van der Waals surface area contributed by atoms with Gasteiger partial charge in [0.1, 0.15) is 11.7 Å². The van der Waals surface area contributed by atoms with E-state index in [1.165, 1.54) is 11.3 Å². The normalized spacial score (nSPS) is 22.0. The van der Waals surface area contributed by atoms with Crippen molar-refractivity contribution in [2.24, 2.45) is 10.9 Å². The molecule has 3 aliphatic heterocycles. The Labute approximate surface area is 204 Å². The number of halogens is 2. The summed E-state index contributed by atoms with van der Waals surface area (Å²) < 4.78 is 12.9. The average Bonchev–Trinajstić information content (AvgIpc) is 3.53. The number of benzene rings is 2. The fourth-order valence-electron chi connectivity index (χ4n) is 4.10. The summed E-state index contributed by atoms with van der Waals surface area (Å²) in [6.07, 6.45) is 4.00. The van der Waals surface area contributed by atoms with Crippen molar-refractivity contribution in [2.75, 3.05) is 31.7 Å². The predicted octanol–water partition coefficient (Wildman–Crippen LogP) is 5.71. The minimum absolute atomic E-state index is 0.369. The number of nitrogens with one attached hydrogen (secondary N) is 1. The molecule has 1 aromatic heterocycles. The van der Waals surface area contributed by atoms with E-state index in [1.807, 2.05) is 24.4 Å². The maximum Gasteiger partial charge on any atom is 0.134 e. The molecule has 8 heteroatoms. The molecule has 4 heterocycles. The SMILES string of the molecule is Brc1ccc2c(c1)CN=C(C1CCOC1)N2.Brc1ccc2nc(C3CCOC3)ncc2c1. The second kappa shape index (κ2) is 9.95. The summed E-state index contributed by atoms with van der Waals surface area (Å²) in [4.78, 5) is 13.6. The predicted molar refractivity (Wildman–Crippen MR) is 133 cm³/mol. The van der Waals surface area contributed by atoms with Gasteiger partial charge in [0.2, 0.25) is 0 Å². The summed E-state index contributed by atoms with van der Waals surface area (Å²) in [6.45, 7) is 4.01. The Morgan fingerprint density at radius 3 is 2.44 bits per heavy atom. The highest BCUT2D eigenvalue weighted by Crippen LogP contribution is 2.28. The Balaban J connectivity index is 0.000000135. The van der Waals surface area contributed by atoms with Crippen LogP contribution in [0.2, 0.25) is 0 Å². The number of hydrogen-bond donors (Lipinski definition) is 1. The first-order valence-corrected chi connectivity index (χ1v) is 12.4. The van der Waals surface area contributed by atoms with E-state index in [2.05, 4.69) is 70.3 Å². The second-order valence-corrected chi connectivity index (χ2v) is 10.0. The van der Waals surface area contributed by atoms with Gasteiger partial charge < -0.3 is 14.8 Å². The van der Waals surface area contributed by atoms with Crippen molar-refractivity contribution >= 4 is 54.3 Å². The van der Waals surface area contributed by atoms with Gasteiger partial charge in [-0.1, -0.05) is 31.9 Å². The van der Waals surface area contributed by atoms with Crippen molar-refractivity contribution < 1.29 is 9.47 Å². The Bertz CT molecular complexity index is 1140. The van der Waals surface area contributed by atoms with E-state index in [0.717, 1.165) is 77.3 Å². The lowest BCUT2D eigenvalue weighted by Crippen LogP contribution is -2.26. The van der Waals surface area contributed by atoms with Crippen LogP contribution in [0.1, 0.15) is 30.1 Å². The summed E-state index contributed by atoms with van der Waals surface area (Å²) in [6, 6.07) is 12.3. The van der Waals surface area contributed by atoms with Crippen LogP contribution >= 0.6 is 31.9 Å². The minimum atomic E-state index is 0.369. The first-order chi connectivity index (χ1) is 15.7. The van der Waals surface area contributed by atoms with E-state index in [-0.39, 0.29) is 0 Å². The lowest BCUT2D eigenvalue weighted by molar-refractivity contribution is 0.193. The molecule has 3 aromatic rings. The second-order valence-electron chi connectivity index (χ2n) is 8.18. The van der Waals surface area contributed by atoms with Crippen molar-refractivity contribution in [2.45, 2.75) is 25.3 Å². The van der Waals surface area contributed by atoms with E-state index in [9.17, 15) is 0 Å². The van der Waals surface area contributed by atoms with Crippen LogP contribution in [0, 0.1) is 5.92 Å². The fraction of sp³-hybridized carbons (Fsp3) is 0.375. The molecule has 166 valence electrons. The molecular formula is C24H24Br2N4O2. The molecule has 0 amide bonds. The van der Waals surface area contributed by atoms with E-state index in [0.29, 0.717) is 11.8 Å². The van der Waals surface area contributed by atoms with Crippen LogP contribution in [0.3, 0.4) is 0 Å². The van der Waals surface area contributed by atoms with Crippen LogP contribution in [0.4, 0.5) is 5.69 Å². The molecule has 2 atom stereocenters. The van der Waals surface area contributed by atoms with Crippen LogP contribution in [0.5, 0.6) is 0 Å². The smallest absolute Gasteiger partial charge is 0.134 e. The molecular weight excluding hydrogens is 536 g/mol. The molecule has 2 aromatic carbocycles. The molecule has 6 rings (SSSR count). The molecule has 1 N–H and O–H groups in total. The van der Waals surface area contributed by atoms with Gasteiger partial charge in [0.05, 0.1) is 25.3 Å². The van der Waals surface area contributed by atoms with Gasteiger partial charge in [-0.15, -0.1) is 0 Å². The average molecular weight is 560 g/mol. The lowest BCUT2D eigenvalue weighted by atomic mass is 10.0. The van der Waals surface area contributed by atoms with Crippen molar-refractivity contribution in [3.63, 3.8) is 0 Å². The zero-order valence-corrected chi connectivity index (χ0v) is 20.7. The van der Waals surface area contributed by atoms with Gasteiger partial charge in [0.25, 0.3) is 0 Å². The van der Waals surface area contributed by atoms with Crippen molar-refractivity contribution in [1.29, 1.82) is 0 Å². The molecule has 32 heavy (non-hydrogen) atoms. The largest absolute Gasteiger partial charge is 0.381 e. The molecule has 0 spiro atoms. The van der Waals surface area contributed by atoms with Crippen LogP contribution in [0.15, 0.2) is 56.5 Å². The highest BCUT2D eigenvalue weighted by molar-refractivity contribution is 9.10. The van der Waals surface area contributed by atoms with Crippen LogP contribution in [0.25, 0.3) is 10.9 Å². The Morgan fingerprint density at radius 2 is 1.66 bits per heavy atom. The number of aliphatic imine (C=N–C) groups is 1. The third-order valence-electron chi connectivity index (χ3n) is 5.92. The summed E-state index contributed by atoms with van der Waals surface area (Å²) >= 11 is 6.92. The Kier molecular flexibility index (Phi) is 6.83. The first kappa shape index (κ1) is 21.9. The maximum absolute atomic E-state index is 5.39. The summed E-state index contributed by atoms with van der Waals surface area (Å²) in [5.41, 5.74) is 3.43. The van der Waals surface area contributed by atoms with Gasteiger partial charge >= 0.3 is 0 Å². The van der Waals surface area contributed by atoms with Gasteiger partial charge in [0.15, 0.2) is 0 Å². The van der Waals surface area contributed by atoms with Crippen LogP contribution in [-0.2, 0) is 16.0 Å². The third kappa shape index (κ3) is 5.03.